The van der Waals surface area contributed by atoms with Crippen molar-refractivity contribution in [1.82, 2.24) is 9.55 Å². The summed E-state index contributed by atoms with van der Waals surface area (Å²) in [5.74, 6) is -0.327. The van der Waals surface area contributed by atoms with Gasteiger partial charge in [-0.3, -0.25) is 14.2 Å². The third-order valence-corrected chi connectivity index (χ3v) is 4.59. The first-order chi connectivity index (χ1) is 11.9. The van der Waals surface area contributed by atoms with Gasteiger partial charge >= 0.3 is 5.69 Å². The van der Waals surface area contributed by atoms with Crippen LogP contribution in [0.25, 0.3) is 10.9 Å². The number of carbonyl (C=O) groups is 1. The van der Waals surface area contributed by atoms with Crippen LogP contribution in [0.2, 0.25) is 0 Å². The van der Waals surface area contributed by atoms with Crippen LogP contribution < -0.4 is 16.6 Å². The van der Waals surface area contributed by atoms with Crippen molar-refractivity contribution in [3.05, 3.63) is 72.8 Å². The zero-order valence-electron chi connectivity index (χ0n) is 13.7. The molecule has 1 amide bonds. The molecule has 0 saturated heterocycles. The summed E-state index contributed by atoms with van der Waals surface area (Å²) in [4.78, 5) is 39.3. The first-order valence-corrected chi connectivity index (χ1v) is 8.54. The van der Waals surface area contributed by atoms with Gasteiger partial charge in [0, 0.05) is 16.6 Å². The van der Waals surface area contributed by atoms with Crippen LogP contribution in [0.1, 0.15) is 22.8 Å². The Balaban J connectivity index is 2.00. The lowest BCUT2D eigenvalue weighted by Gasteiger charge is -2.09. The molecule has 6 nitrogen and oxygen atoms in total. The number of nitrogens with zero attached hydrogens (tertiary/aromatic N) is 1. The lowest BCUT2D eigenvalue weighted by Crippen LogP contribution is -2.34. The van der Waals surface area contributed by atoms with Crippen LogP contribution in [0.15, 0.2) is 50.5 Å². The lowest BCUT2D eigenvalue weighted by atomic mass is 10.1. The third-order valence-electron chi connectivity index (χ3n) is 3.93. The van der Waals surface area contributed by atoms with Crippen LogP contribution in [0.3, 0.4) is 0 Å². The Morgan fingerprint density at radius 1 is 1.20 bits per heavy atom. The molecular weight excluding hydrogens is 386 g/mol. The number of carbonyl (C=O) groups excluding carboxylic acids is 1. The van der Waals surface area contributed by atoms with E-state index in [1.165, 1.54) is 6.07 Å². The molecule has 2 aromatic carbocycles. The first kappa shape index (κ1) is 17.2. The second kappa shape index (κ2) is 6.68. The molecule has 1 aromatic heterocycles. The zero-order chi connectivity index (χ0) is 18.1. The molecule has 0 unspecified atom stereocenters. The maximum absolute atomic E-state index is 12.5. The van der Waals surface area contributed by atoms with Crippen LogP contribution in [0.5, 0.6) is 0 Å². The summed E-state index contributed by atoms with van der Waals surface area (Å²) >= 11 is 3.42. The second-order valence-electron chi connectivity index (χ2n) is 5.68. The zero-order valence-corrected chi connectivity index (χ0v) is 15.3. The summed E-state index contributed by atoms with van der Waals surface area (Å²) in [7, 11) is 0. The van der Waals surface area contributed by atoms with Crippen LogP contribution in [-0.4, -0.2) is 15.5 Å². The molecule has 0 fully saturated rings. The molecule has 0 bridgehead atoms. The van der Waals surface area contributed by atoms with Crippen LogP contribution >= 0.6 is 15.9 Å². The van der Waals surface area contributed by atoms with Gasteiger partial charge in [-0.2, -0.15) is 0 Å². The molecule has 0 saturated carbocycles. The standard InChI is InChI=1S/C18H16BrN3O3/c1-3-22-17(24)12-6-5-11(9-15(12)21-18(22)25)16(23)20-14-7-4-10(2)8-13(14)19/h4-9H,3H2,1-2H3,(H,20,23)(H,21,25). The maximum atomic E-state index is 12.5. The molecule has 128 valence electrons. The number of fused-ring (bicyclic) bond motifs is 1. The van der Waals surface area contributed by atoms with Crippen molar-refractivity contribution in [2.45, 2.75) is 20.4 Å². The first-order valence-electron chi connectivity index (χ1n) is 7.75. The minimum atomic E-state index is -0.487. The number of amides is 1. The molecule has 0 aliphatic rings. The Labute approximate surface area is 151 Å². The van der Waals surface area contributed by atoms with Gasteiger partial charge < -0.3 is 10.3 Å². The number of halogens is 1. The summed E-state index contributed by atoms with van der Waals surface area (Å²) in [6.45, 7) is 3.97. The quantitative estimate of drug-likeness (QED) is 0.707. The summed E-state index contributed by atoms with van der Waals surface area (Å²) in [5, 5.41) is 3.18. The summed E-state index contributed by atoms with van der Waals surface area (Å²) < 4.78 is 1.90. The highest BCUT2D eigenvalue weighted by atomic mass is 79.9. The fourth-order valence-electron chi connectivity index (χ4n) is 2.60. The van der Waals surface area contributed by atoms with Crippen LogP contribution in [0.4, 0.5) is 5.69 Å². The lowest BCUT2D eigenvalue weighted by molar-refractivity contribution is 0.102. The summed E-state index contributed by atoms with van der Waals surface area (Å²) in [6, 6.07) is 10.2. The van der Waals surface area contributed by atoms with Gasteiger partial charge in [0.1, 0.15) is 0 Å². The number of benzene rings is 2. The highest BCUT2D eigenvalue weighted by molar-refractivity contribution is 9.10. The molecule has 25 heavy (non-hydrogen) atoms. The van der Waals surface area contributed by atoms with E-state index < -0.39 is 5.69 Å². The molecular formula is C18H16BrN3O3. The van der Waals surface area contributed by atoms with E-state index in [9.17, 15) is 14.4 Å². The molecule has 1 heterocycles. The van der Waals surface area contributed by atoms with Crippen molar-refractivity contribution in [2.24, 2.45) is 0 Å². The van der Waals surface area contributed by atoms with Crippen LogP contribution in [-0.2, 0) is 6.54 Å². The van der Waals surface area contributed by atoms with Crippen molar-refractivity contribution in [1.29, 1.82) is 0 Å². The van der Waals surface area contributed by atoms with Gasteiger partial charge in [-0.1, -0.05) is 6.07 Å². The molecule has 0 radical (unpaired) electrons. The number of aryl methyl sites for hydroxylation is 1. The van der Waals surface area contributed by atoms with E-state index in [2.05, 4.69) is 26.2 Å². The topological polar surface area (TPSA) is 84.0 Å². The van der Waals surface area contributed by atoms with Gasteiger partial charge in [0.15, 0.2) is 0 Å². The van der Waals surface area contributed by atoms with Gasteiger partial charge in [0.05, 0.1) is 16.6 Å². The summed E-state index contributed by atoms with van der Waals surface area (Å²) in [5.41, 5.74) is 1.55. The fourth-order valence-corrected chi connectivity index (χ4v) is 3.19. The number of aromatic nitrogens is 2. The highest BCUT2D eigenvalue weighted by Gasteiger charge is 2.12. The number of nitrogens with one attached hydrogen (secondary N) is 2. The molecule has 3 aromatic rings. The summed E-state index contributed by atoms with van der Waals surface area (Å²) in [6.07, 6.45) is 0. The van der Waals surface area contributed by atoms with E-state index >= 15 is 0 Å². The minimum Gasteiger partial charge on any atom is -0.321 e. The number of hydrogen-bond acceptors (Lipinski definition) is 3. The second-order valence-corrected chi connectivity index (χ2v) is 6.53. The number of aromatic amines is 1. The number of rotatable bonds is 3. The van der Waals surface area contributed by atoms with Crippen molar-refractivity contribution in [3.8, 4) is 0 Å². The Kier molecular flexibility index (Phi) is 4.59. The van der Waals surface area contributed by atoms with Crippen molar-refractivity contribution < 1.29 is 4.79 Å². The Morgan fingerprint density at radius 3 is 2.64 bits per heavy atom. The van der Waals surface area contributed by atoms with Gasteiger partial charge in [-0.05, 0) is 65.7 Å². The molecule has 0 atom stereocenters. The van der Waals surface area contributed by atoms with E-state index in [1.54, 1.807) is 25.1 Å². The molecule has 0 aliphatic heterocycles. The molecule has 7 heteroatoms. The highest BCUT2D eigenvalue weighted by Crippen LogP contribution is 2.24. The van der Waals surface area contributed by atoms with Crippen molar-refractivity contribution >= 4 is 38.4 Å². The Bertz CT molecular complexity index is 1100. The van der Waals surface area contributed by atoms with E-state index in [-0.39, 0.29) is 18.0 Å². The van der Waals surface area contributed by atoms with Gasteiger partial charge in [-0.25, -0.2) is 4.79 Å². The third kappa shape index (κ3) is 3.28. The van der Waals surface area contributed by atoms with Crippen molar-refractivity contribution in [3.63, 3.8) is 0 Å². The predicted octanol–water partition coefficient (Wildman–Crippen LogP) is 3.03. The molecule has 2 N–H and O–H groups in total. The smallest absolute Gasteiger partial charge is 0.321 e. The SMILES string of the molecule is CCn1c(=O)[nH]c2cc(C(=O)Nc3ccc(C)cc3Br)ccc2c1=O. The number of H-pyrrole nitrogens is 1. The fraction of sp³-hybridized carbons (Fsp3) is 0.167. The van der Waals surface area contributed by atoms with Gasteiger partial charge in [-0.15, -0.1) is 0 Å². The minimum absolute atomic E-state index is 0.286. The van der Waals surface area contributed by atoms with E-state index in [4.69, 9.17) is 0 Å². The average molecular weight is 402 g/mol. The normalized spacial score (nSPS) is 10.8. The van der Waals surface area contributed by atoms with E-state index in [0.717, 1.165) is 14.6 Å². The molecule has 0 aliphatic carbocycles. The van der Waals surface area contributed by atoms with Crippen LogP contribution in [0, 0.1) is 6.92 Å². The van der Waals surface area contributed by atoms with E-state index in [1.807, 2.05) is 19.1 Å². The van der Waals surface area contributed by atoms with Crippen molar-refractivity contribution in [2.75, 3.05) is 5.32 Å². The Hall–Kier alpha value is -2.67. The monoisotopic (exact) mass is 401 g/mol. The van der Waals surface area contributed by atoms with Gasteiger partial charge in [0.25, 0.3) is 11.5 Å². The number of hydrogen-bond donors (Lipinski definition) is 2. The number of anilines is 1. The van der Waals surface area contributed by atoms with Gasteiger partial charge in [0.2, 0.25) is 0 Å². The largest absolute Gasteiger partial charge is 0.328 e. The Morgan fingerprint density at radius 2 is 1.96 bits per heavy atom. The molecule has 0 spiro atoms. The molecule has 3 rings (SSSR count). The van der Waals surface area contributed by atoms with E-state index in [0.29, 0.717) is 22.2 Å². The maximum Gasteiger partial charge on any atom is 0.328 e. The predicted molar refractivity (Wildman–Crippen MR) is 101 cm³/mol. The average Bonchev–Trinajstić information content (AvgIpc) is 2.57.